The number of ether oxygens (including phenoxy) is 2. The smallest absolute Gasteiger partial charge is 0.269 e. The third-order valence-corrected chi connectivity index (χ3v) is 4.19. The molecule has 142 valence electrons. The van der Waals surface area contributed by atoms with Gasteiger partial charge in [-0.05, 0) is 56.3 Å². The van der Waals surface area contributed by atoms with Gasteiger partial charge in [0.25, 0.3) is 5.91 Å². The highest BCUT2D eigenvalue weighted by molar-refractivity contribution is 5.94. The lowest BCUT2D eigenvalue weighted by molar-refractivity contribution is -0.125. The topological polar surface area (TPSA) is 85.4 Å². The Morgan fingerprint density at radius 2 is 1.61 bits per heavy atom. The summed E-state index contributed by atoms with van der Waals surface area (Å²) in [7, 11) is 0. The van der Waals surface area contributed by atoms with E-state index in [9.17, 15) is 4.79 Å². The van der Waals surface area contributed by atoms with Crippen molar-refractivity contribution in [3.05, 3.63) is 66.0 Å². The summed E-state index contributed by atoms with van der Waals surface area (Å²) in [4.78, 5) is 21.2. The molecule has 1 aromatic heterocycles. The number of hydrogen-bond acceptors (Lipinski definition) is 6. The normalized spacial score (nSPS) is 15.0. The number of amides is 1. The van der Waals surface area contributed by atoms with E-state index in [1.165, 1.54) is 0 Å². The van der Waals surface area contributed by atoms with Crippen LogP contribution in [0.15, 0.2) is 54.6 Å². The minimum absolute atomic E-state index is 0.173. The van der Waals surface area contributed by atoms with E-state index >= 15 is 0 Å². The van der Waals surface area contributed by atoms with Crippen molar-refractivity contribution in [2.75, 3.05) is 17.2 Å². The van der Waals surface area contributed by atoms with Crippen LogP contribution in [-0.2, 0) is 4.79 Å². The van der Waals surface area contributed by atoms with Gasteiger partial charge >= 0.3 is 0 Å². The van der Waals surface area contributed by atoms with Crippen LogP contribution in [0, 0.1) is 13.8 Å². The van der Waals surface area contributed by atoms with E-state index in [1.807, 2.05) is 50.2 Å². The number of carbonyl (C=O) groups excluding carboxylic acids is 1. The van der Waals surface area contributed by atoms with Crippen LogP contribution in [0.3, 0.4) is 0 Å². The molecule has 2 aromatic carbocycles. The predicted octanol–water partition coefficient (Wildman–Crippen LogP) is 3.62. The second-order valence-corrected chi connectivity index (χ2v) is 6.53. The van der Waals surface area contributed by atoms with E-state index in [-0.39, 0.29) is 12.5 Å². The Balaban J connectivity index is 1.38. The van der Waals surface area contributed by atoms with Crippen molar-refractivity contribution < 1.29 is 14.3 Å². The van der Waals surface area contributed by atoms with Gasteiger partial charge in [-0.3, -0.25) is 4.79 Å². The molecule has 3 aromatic rings. The minimum atomic E-state index is -0.698. The largest absolute Gasteiger partial charge is 0.485 e. The second kappa shape index (κ2) is 7.56. The number of benzene rings is 2. The zero-order valence-electron chi connectivity index (χ0n) is 15.6. The number of para-hydroxylation sites is 2. The van der Waals surface area contributed by atoms with Gasteiger partial charge in [0.05, 0.1) is 0 Å². The van der Waals surface area contributed by atoms with E-state index in [4.69, 9.17) is 9.47 Å². The van der Waals surface area contributed by atoms with Crippen LogP contribution in [0.2, 0.25) is 0 Å². The molecule has 28 heavy (non-hydrogen) atoms. The Kier molecular flexibility index (Phi) is 4.80. The van der Waals surface area contributed by atoms with Crippen molar-refractivity contribution in [2.45, 2.75) is 20.0 Å². The highest BCUT2D eigenvalue weighted by Crippen LogP contribution is 2.31. The van der Waals surface area contributed by atoms with Crippen molar-refractivity contribution >= 4 is 23.2 Å². The average molecular weight is 376 g/mol. The summed E-state index contributed by atoms with van der Waals surface area (Å²) in [6, 6.07) is 16.5. The third-order valence-electron chi connectivity index (χ3n) is 4.19. The Labute approximate surface area is 162 Å². The van der Waals surface area contributed by atoms with Crippen molar-refractivity contribution in [3.8, 4) is 11.5 Å². The first-order valence-electron chi connectivity index (χ1n) is 8.95. The van der Waals surface area contributed by atoms with Gasteiger partial charge in [0.1, 0.15) is 6.61 Å². The lowest BCUT2D eigenvalue weighted by Crippen LogP contribution is -2.40. The molecule has 0 saturated carbocycles. The number of hydrogen-bond donors (Lipinski definition) is 2. The van der Waals surface area contributed by atoms with Gasteiger partial charge in [0.2, 0.25) is 12.1 Å². The number of nitrogens with one attached hydrogen (secondary N) is 2. The molecule has 0 bridgehead atoms. The van der Waals surface area contributed by atoms with Crippen LogP contribution in [0.1, 0.15) is 11.4 Å². The number of fused-ring (bicyclic) bond motifs is 1. The number of nitrogens with zero attached hydrogens (tertiary/aromatic N) is 2. The van der Waals surface area contributed by atoms with Gasteiger partial charge < -0.3 is 20.1 Å². The first-order valence-corrected chi connectivity index (χ1v) is 8.95. The Morgan fingerprint density at radius 1 is 0.964 bits per heavy atom. The van der Waals surface area contributed by atoms with Crippen LogP contribution in [-0.4, -0.2) is 28.6 Å². The Bertz CT molecular complexity index is 985. The van der Waals surface area contributed by atoms with Crippen LogP contribution in [0.4, 0.5) is 17.3 Å². The van der Waals surface area contributed by atoms with Crippen molar-refractivity contribution in [2.24, 2.45) is 0 Å². The molecule has 2 heterocycles. The highest BCUT2D eigenvalue weighted by Gasteiger charge is 2.27. The average Bonchev–Trinajstić information content (AvgIpc) is 2.68. The SMILES string of the molecule is Cc1cc(C)nc(Nc2ccc(NC(=O)C3COc4ccccc4O3)cc2)n1. The molecule has 1 aliphatic rings. The lowest BCUT2D eigenvalue weighted by atomic mass is 10.2. The van der Waals surface area contributed by atoms with Gasteiger partial charge in [-0.25, -0.2) is 9.97 Å². The molecule has 1 amide bonds. The molecule has 0 spiro atoms. The van der Waals surface area contributed by atoms with Crippen LogP contribution in [0.5, 0.6) is 11.5 Å². The lowest BCUT2D eigenvalue weighted by Gasteiger charge is -2.25. The first-order chi connectivity index (χ1) is 13.6. The minimum Gasteiger partial charge on any atom is -0.485 e. The van der Waals surface area contributed by atoms with Gasteiger partial charge in [-0.1, -0.05) is 12.1 Å². The molecular weight excluding hydrogens is 356 g/mol. The fourth-order valence-corrected chi connectivity index (χ4v) is 2.92. The maximum Gasteiger partial charge on any atom is 0.269 e. The summed E-state index contributed by atoms with van der Waals surface area (Å²) in [6.45, 7) is 4.02. The quantitative estimate of drug-likeness (QED) is 0.723. The zero-order valence-corrected chi connectivity index (χ0v) is 15.6. The molecule has 1 aliphatic heterocycles. The van der Waals surface area contributed by atoms with Crippen LogP contribution in [0.25, 0.3) is 0 Å². The number of aromatic nitrogens is 2. The van der Waals surface area contributed by atoms with Gasteiger partial charge in [0, 0.05) is 22.8 Å². The number of aryl methyl sites for hydroxylation is 2. The molecule has 0 radical (unpaired) electrons. The van der Waals surface area contributed by atoms with E-state index in [0.29, 0.717) is 23.1 Å². The van der Waals surface area contributed by atoms with E-state index < -0.39 is 6.10 Å². The van der Waals surface area contributed by atoms with Crippen molar-refractivity contribution in [1.29, 1.82) is 0 Å². The molecule has 7 nitrogen and oxygen atoms in total. The predicted molar refractivity (Wildman–Crippen MR) is 106 cm³/mol. The molecule has 0 aliphatic carbocycles. The van der Waals surface area contributed by atoms with Crippen LogP contribution < -0.4 is 20.1 Å². The van der Waals surface area contributed by atoms with Gasteiger partial charge in [0.15, 0.2) is 11.5 Å². The van der Waals surface area contributed by atoms with Gasteiger partial charge in [-0.2, -0.15) is 0 Å². The standard InChI is InChI=1S/C21H20N4O3/c1-13-11-14(2)23-21(22-13)25-16-9-7-15(8-10-16)24-20(26)19-12-27-17-5-3-4-6-18(17)28-19/h3-11,19H,12H2,1-2H3,(H,24,26)(H,22,23,25). The molecule has 1 atom stereocenters. The summed E-state index contributed by atoms with van der Waals surface area (Å²) < 4.78 is 11.3. The summed E-state index contributed by atoms with van der Waals surface area (Å²) in [5.74, 6) is 1.51. The molecule has 1 unspecified atom stereocenters. The van der Waals surface area contributed by atoms with E-state index in [0.717, 1.165) is 17.1 Å². The maximum atomic E-state index is 12.5. The molecule has 4 rings (SSSR count). The molecule has 0 fully saturated rings. The maximum absolute atomic E-state index is 12.5. The summed E-state index contributed by atoms with van der Waals surface area (Å²) >= 11 is 0. The molecule has 0 saturated heterocycles. The fraction of sp³-hybridized carbons (Fsp3) is 0.190. The zero-order chi connectivity index (χ0) is 19.5. The van der Waals surface area contributed by atoms with Crippen molar-refractivity contribution in [3.63, 3.8) is 0 Å². The van der Waals surface area contributed by atoms with E-state index in [1.54, 1.807) is 18.2 Å². The first kappa shape index (κ1) is 17.8. The Morgan fingerprint density at radius 3 is 2.32 bits per heavy atom. The van der Waals surface area contributed by atoms with Crippen molar-refractivity contribution in [1.82, 2.24) is 9.97 Å². The molecular formula is C21H20N4O3. The fourth-order valence-electron chi connectivity index (χ4n) is 2.92. The summed E-state index contributed by atoms with van der Waals surface area (Å²) in [6.07, 6.45) is -0.698. The summed E-state index contributed by atoms with van der Waals surface area (Å²) in [5, 5.41) is 6.01. The second-order valence-electron chi connectivity index (χ2n) is 6.53. The number of carbonyl (C=O) groups is 1. The molecule has 7 heteroatoms. The monoisotopic (exact) mass is 376 g/mol. The highest BCUT2D eigenvalue weighted by atomic mass is 16.6. The van der Waals surface area contributed by atoms with E-state index in [2.05, 4.69) is 20.6 Å². The Hall–Kier alpha value is -3.61. The van der Waals surface area contributed by atoms with Gasteiger partial charge in [-0.15, -0.1) is 0 Å². The third kappa shape index (κ3) is 4.03. The summed E-state index contributed by atoms with van der Waals surface area (Å²) in [5.41, 5.74) is 3.29. The number of rotatable bonds is 4. The number of anilines is 3. The van der Waals surface area contributed by atoms with Crippen LogP contribution >= 0.6 is 0 Å². The molecule has 2 N–H and O–H groups in total.